The average molecular weight is 225 g/mol. The number of likely N-dealkylation sites (N-methyl/N-ethyl adjacent to an activating group) is 1. The number of nitrogens with zero attached hydrogens (tertiary/aromatic N) is 2. The predicted molar refractivity (Wildman–Crippen MR) is 68.5 cm³/mol. The molecule has 1 saturated heterocycles. The first-order valence-corrected chi connectivity index (χ1v) is 6.85. The molecule has 0 bridgehead atoms. The van der Waals surface area contributed by atoms with Crippen LogP contribution in [0.15, 0.2) is 0 Å². The van der Waals surface area contributed by atoms with E-state index in [9.17, 15) is 0 Å². The van der Waals surface area contributed by atoms with Crippen LogP contribution in [0.2, 0.25) is 0 Å². The van der Waals surface area contributed by atoms with Gasteiger partial charge in [0.2, 0.25) is 0 Å². The van der Waals surface area contributed by atoms with Gasteiger partial charge < -0.3 is 15.5 Å². The SMILES string of the molecule is CN(CCN1CCCC1)CC1(CN)CCC1. The van der Waals surface area contributed by atoms with Crippen molar-refractivity contribution in [2.24, 2.45) is 11.1 Å². The Kier molecular flexibility index (Phi) is 4.22. The third-order valence-corrected chi connectivity index (χ3v) is 4.45. The summed E-state index contributed by atoms with van der Waals surface area (Å²) in [5, 5.41) is 0. The zero-order chi connectivity index (χ0) is 11.4. The van der Waals surface area contributed by atoms with Crippen LogP contribution in [0.3, 0.4) is 0 Å². The maximum atomic E-state index is 5.90. The molecule has 2 N–H and O–H groups in total. The Morgan fingerprint density at radius 3 is 2.38 bits per heavy atom. The summed E-state index contributed by atoms with van der Waals surface area (Å²) in [6.45, 7) is 7.17. The lowest BCUT2D eigenvalue weighted by molar-refractivity contribution is 0.0833. The summed E-state index contributed by atoms with van der Waals surface area (Å²) in [5.41, 5.74) is 6.37. The van der Waals surface area contributed by atoms with E-state index in [0.717, 1.165) is 6.54 Å². The summed E-state index contributed by atoms with van der Waals surface area (Å²) in [6.07, 6.45) is 6.87. The number of hydrogen-bond acceptors (Lipinski definition) is 3. The molecule has 94 valence electrons. The van der Waals surface area contributed by atoms with E-state index < -0.39 is 0 Å². The standard InChI is InChI=1S/C13H27N3/c1-15(9-10-16-7-2-3-8-16)12-13(11-14)5-4-6-13/h2-12,14H2,1H3. The van der Waals surface area contributed by atoms with Crippen LogP contribution in [0, 0.1) is 5.41 Å². The molecule has 0 aromatic rings. The summed E-state index contributed by atoms with van der Waals surface area (Å²) in [7, 11) is 2.26. The maximum absolute atomic E-state index is 5.90. The average Bonchev–Trinajstić information content (AvgIpc) is 2.73. The highest BCUT2D eigenvalue weighted by Gasteiger charge is 2.36. The van der Waals surface area contributed by atoms with Crippen molar-refractivity contribution in [3.8, 4) is 0 Å². The molecule has 0 unspecified atom stereocenters. The Morgan fingerprint density at radius 1 is 1.19 bits per heavy atom. The number of nitrogens with two attached hydrogens (primary N) is 1. The zero-order valence-corrected chi connectivity index (χ0v) is 10.7. The van der Waals surface area contributed by atoms with Crippen LogP contribution in [0.5, 0.6) is 0 Å². The second kappa shape index (κ2) is 5.48. The lowest BCUT2D eigenvalue weighted by atomic mass is 9.68. The van der Waals surface area contributed by atoms with Crippen molar-refractivity contribution in [2.75, 3.05) is 46.3 Å². The first-order chi connectivity index (χ1) is 7.74. The fraction of sp³-hybridized carbons (Fsp3) is 1.00. The Morgan fingerprint density at radius 2 is 1.88 bits per heavy atom. The highest BCUT2D eigenvalue weighted by Crippen LogP contribution is 2.40. The van der Waals surface area contributed by atoms with E-state index in [4.69, 9.17) is 5.73 Å². The second-order valence-corrected chi connectivity index (χ2v) is 5.84. The number of likely N-dealkylation sites (tertiary alicyclic amines) is 1. The molecule has 1 saturated carbocycles. The molecule has 2 fully saturated rings. The third kappa shape index (κ3) is 2.96. The Hall–Kier alpha value is -0.120. The molecular weight excluding hydrogens is 198 g/mol. The molecule has 3 heteroatoms. The first kappa shape index (κ1) is 12.3. The fourth-order valence-electron chi connectivity index (χ4n) is 3.07. The number of hydrogen-bond donors (Lipinski definition) is 1. The van der Waals surface area contributed by atoms with E-state index in [2.05, 4.69) is 16.8 Å². The molecule has 0 atom stereocenters. The lowest BCUT2D eigenvalue weighted by Gasteiger charge is -2.43. The largest absolute Gasteiger partial charge is 0.330 e. The van der Waals surface area contributed by atoms with Crippen LogP contribution in [-0.2, 0) is 0 Å². The van der Waals surface area contributed by atoms with Gasteiger partial charge in [0.25, 0.3) is 0 Å². The topological polar surface area (TPSA) is 32.5 Å². The molecule has 0 spiro atoms. The van der Waals surface area contributed by atoms with Gasteiger partial charge >= 0.3 is 0 Å². The normalized spacial score (nSPS) is 24.9. The molecule has 2 rings (SSSR count). The summed E-state index contributed by atoms with van der Waals surface area (Å²) in [6, 6.07) is 0. The quantitative estimate of drug-likeness (QED) is 0.736. The Labute approximate surface area is 100.0 Å². The van der Waals surface area contributed by atoms with Gasteiger partial charge in [-0.3, -0.25) is 0 Å². The van der Waals surface area contributed by atoms with Gasteiger partial charge in [-0.15, -0.1) is 0 Å². The zero-order valence-electron chi connectivity index (χ0n) is 10.7. The molecule has 0 aromatic carbocycles. The van der Waals surface area contributed by atoms with Crippen LogP contribution in [-0.4, -0.2) is 56.1 Å². The molecule has 16 heavy (non-hydrogen) atoms. The smallest absolute Gasteiger partial charge is 0.0109 e. The van der Waals surface area contributed by atoms with Crippen LogP contribution in [0.25, 0.3) is 0 Å². The Bertz CT molecular complexity index is 202. The van der Waals surface area contributed by atoms with Crippen molar-refractivity contribution in [1.29, 1.82) is 0 Å². The highest BCUT2D eigenvalue weighted by atomic mass is 15.2. The minimum absolute atomic E-state index is 0.472. The second-order valence-electron chi connectivity index (χ2n) is 5.84. The lowest BCUT2D eigenvalue weighted by Crippen LogP contribution is -2.47. The van der Waals surface area contributed by atoms with Crippen LogP contribution >= 0.6 is 0 Å². The van der Waals surface area contributed by atoms with Crippen LogP contribution in [0.1, 0.15) is 32.1 Å². The van der Waals surface area contributed by atoms with Gasteiger partial charge in [0.15, 0.2) is 0 Å². The maximum Gasteiger partial charge on any atom is 0.0109 e. The molecule has 1 aliphatic heterocycles. The summed E-state index contributed by atoms with van der Waals surface area (Å²) >= 11 is 0. The Balaban J connectivity index is 1.65. The molecule has 2 aliphatic rings. The fourth-order valence-corrected chi connectivity index (χ4v) is 3.07. The van der Waals surface area contributed by atoms with Crippen LogP contribution < -0.4 is 5.73 Å². The van der Waals surface area contributed by atoms with E-state index in [1.54, 1.807) is 0 Å². The molecule has 0 radical (unpaired) electrons. The van der Waals surface area contributed by atoms with Crippen molar-refractivity contribution in [2.45, 2.75) is 32.1 Å². The summed E-state index contributed by atoms with van der Waals surface area (Å²) in [5.74, 6) is 0. The van der Waals surface area contributed by atoms with Gasteiger partial charge in [-0.05, 0) is 57.8 Å². The third-order valence-electron chi connectivity index (χ3n) is 4.45. The van der Waals surface area contributed by atoms with E-state index in [1.165, 1.54) is 64.8 Å². The molecule has 0 amide bonds. The van der Waals surface area contributed by atoms with E-state index >= 15 is 0 Å². The van der Waals surface area contributed by atoms with Crippen molar-refractivity contribution < 1.29 is 0 Å². The summed E-state index contributed by atoms with van der Waals surface area (Å²) < 4.78 is 0. The molecule has 3 nitrogen and oxygen atoms in total. The van der Waals surface area contributed by atoms with E-state index in [-0.39, 0.29) is 0 Å². The van der Waals surface area contributed by atoms with Gasteiger partial charge in [-0.2, -0.15) is 0 Å². The van der Waals surface area contributed by atoms with Crippen molar-refractivity contribution in [3.05, 3.63) is 0 Å². The van der Waals surface area contributed by atoms with Gasteiger partial charge in [0.1, 0.15) is 0 Å². The van der Waals surface area contributed by atoms with Gasteiger partial charge in [-0.1, -0.05) is 6.42 Å². The highest BCUT2D eigenvalue weighted by molar-refractivity contribution is 4.90. The molecular formula is C13H27N3. The first-order valence-electron chi connectivity index (χ1n) is 6.85. The monoisotopic (exact) mass is 225 g/mol. The minimum Gasteiger partial charge on any atom is -0.330 e. The van der Waals surface area contributed by atoms with Crippen LogP contribution in [0.4, 0.5) is 0 Å². The predicted octanol–water partition coefficient (Wildman–Crippen LogP) is 1.14. The van der Waals surface area contributed by atoms with Crippen molar-refractivity contribution >= 4 is 0 Å². The van der Waals surface area contributed by atoms with E-state index in [0.29, 0.717) is 5.41 Å². The molecule has 1 aliphatic carbocycles. The van der Waals surface area contributed by atoms with Crippen molar-refractivity contribution in [3.63, 3.8) is 0 Å². The molecule has 1 heterocycles. The molecule has 0 aromatic heterocycles. The van der Waals surface area contributed by atoms with Gasteiger partial charge in [0.05, 0.1) is 0 Å². The van der Waals surface area contributed by atoms with Gasteiger partial charge in [0, 0.05) is 19.6 Å². The van der Waals surface area contributed by atoms with Gasteiger partial charge in [-0.25, -0.2) is 0 Å². The minimum atomic E-state index is 0.472. The van der Waals surface area contributed by atoms with E-state index in [1.807, 2.05) is 0 Å². The van der Waals surface area contributed by atoms with Crippen molar-refractivity contribution in [1.82, 2.24) is 9.80 Å². The number of rotatable bonds is 6. The summed E-state index contributed by atoms with van der Waals surface area (Å²) in [4.78, 5) is 5.08.